The van der Waals surface area contributed by atoms with Crippen molar-refractivity contribution in [3.8, 4) is 0 Å². The highest BCUT2D eigenvalue weighted by molar-refractivity contribution is 7.99. The van der Waals surface area contributed by atoms with Gasteiger partial charge in [0.05, 0.1) is 15.7 Å². The number of hydrogen-bond acceptors (Lipinski definition) is 6. The van der Waals surface area contributed by atoms with E-state index in [4.69, 9.17) is 16.2 Å². The van der Waals surface area contributed by atoms with E-state index in [9.17, 15) is 4.21 Å². The number of pyridine rings is 1. The Hall–Kier alpha value is -2.48. The number of aromatic nitrogens is 3. The molecular formula is C25H24ClN3O2S2. The molecule has 0 fully saturated rings. The van der Waals surface area contributed by atoms with Gasteiger partial charge in [0, 0.05) is 21.5 Å². The first-order valence-corrected chi connectivity index (χ1v) is 13.2. The maximum Gasteiger partial charge on any atom is 0.152 e. The van der Waals surface area contributed by atoms with Gasteiger partial charge in [0.1, 0.15) is 10.5 Å². The van der Waals surface area contributed by atoms with Gasteiger partial charge >= 0.3 is 0 Å². The number of nitrogens with zero attached hydrogens (tertiary/aromatic N) is 3. The van der Waals surface area contributed by atoms with Crippen LogP contribution in [0, 0.1) is 0 Å². The number of hydrogen-bond donors (Lipinski definition) is 0. The largest absolute Gasteiger partial charge is 0.250 e. The summed E-state index contributed by atoms with van der Waals surface area (Å²) in [6.07, 6.45) is 7.79. The van der Waals surface area contributed by atoms with Crippen LogP contribution >= 0.6 is 23.4 Å². The van der Waals surface area contributed by atoms with Gasteiger partial charge in [0.15, 0.2) is 5.52 Å². The molecule has 2 heterocycles. The lowest BCUT2D eigenvalue weighted by Gasteiger charge is -2.15. The Morgan fingerprint density at radius 2 is 1.88 bits per heavy atom. The van der Waals surface area contributed by atoms with Gasteiger partial charge in [-0.2, -0.15) is 0 Å². The molecule has 0 bridgehead atoms. The van der Waals surface area contributed by atoms with Crippen molar-refractivity contribution in [2.24, 2.45) is 0 Å². The van der Waals surface area contributed by atoms with Crippen molar-refractivity contribution < 1.29 is 8.84 Å². The van der Waals surface area contributed by atoms with E-state index in [-0.39, 0.29) is 0 Å². The Morgan fingerprint density at radius 1 is 1.06 bits per heavy atom. The maximum absolute atomic E-state index is 13.0. The molecule has 2 aromatic heterocycles. The van der Waals surface area contributed by atoms with Crippen LogP contribution in [0.5, 0.6) is 0 Å². The van der Waals surface area contributed by atoms with Crippen LogP contribution in [-0.2, 0) is 10.8 Å². The average Bonchev–Trinajstić information content (AvgIpc) is 3.33. The zero-order chi connectivity index (χ0) is 23.0. The average molecular weight is 498 g/mol. The van der Waals surface area contributed by atoms with Crippen LogP contribution in [0.1, 0.15) is 44.1 Å². The minimum Gasteiger partial charge on any atom is -0.250 e. The minimum absolute atomic E-state index is 0.458. The quantitative estimate of drug-likeness (QED) is 0.227. The van der Waals surface area contributed by atoms with E-state index in [1.54, 1.807) is 11.6 Å². The minimum atomic E-state index is -1.34. The van der Waals surface area contributed by atoms with Gasteiger partial charge < -0.3 is 0 Å². The summed E-state index contributed by atoms with van der Waals surface area (Å²) in [5.41, 5.74) is 2.41. The molecule has 0 aliphatic rings. The standard InChI is InChI=1S/C25H24ClN3O2S2/c1-2-7-18(19-10-12-20(26)13-11-19)8-4-6-17-33(30)22-15-14-21(24-25(22)29-31-28-24)32-23-9-3-5-16-27-23/h3,5-6,9-18H,2,4,7-8H2,1H3/b17-6+. The number of benzene rings is 2. The molecule has 8 heteroatoms. The molecule has 33 heavy (non-hydrogen) atoms. The van der Waals surface area contributed by atoms with Gasteiger partial charge in [0.2, 0.25) is 0 Å². The normalized spacial score (nSPS) is 13.5. The first-order chi connectivity index (χ1) is 16.2. The summed E-state index contributed by atoms with van der Waals surface area (Å²) >= 11 is 7.50. The van der Waals surface area contributed by atoms with Gasteiger partial charge in [-0.25, -0.2) is 13.8 Å². The second-order valence-electron chi connectivity index (χ2n) is 7.58. The molecule has 0 spiro atoms. The molecule has 0 saturated heterocycles. The molecule has 2 atom stereocenters. The second-order valence-corrected chi connectivity index (χ2v) is 10.4. The maximum atomic E-state index is 13.0. The van der Waals surface area contributed by atoms with Crippen LogP contribution in [-0.4, -0.2) is 19.5 Å². The topological polar surface area (TPSA) is 68.9 Å². The van der Waals surface area contributed by atoms with Crippen molar-refractivity contribution in [1.82, 2.24) is 15.3 Å². The second kappa shape index (κ2) is 11.6. The summed E-state index contributed by atoms with van der Waals surface area (Å²) < 4.78 is 18.0. The lowest BCUT2D eigenvalue weighted by molar-refractivity contribution is 0.314. The highest BCUT2D eigenvalue weighted by atomic mass is 35.5. The third kappa shape index (κ3) is 6.10. The van der Waals surface area contributed by atoms with Gasteiger partial charge in [-0.1, -0.05) is 61.0 Å². The lowest BCUT2D eigenvalue weighted by Crippen LogP contribution is -1.98. The summed E-state index contributed by atoms with van der Waals surface area (Å²) in [5.74, 6) is 0.458. The molecule has 5 nitrogen and oxygen atoms in total. The van der Waals surface area contributed by atoms with Crippen molar-refractivity contribution >= 4 is 45.2 Å². The fourth-order valence-electron chi connectivity index (χ4n) is 3.67. The molecule has 4 rings (SSSR count). The number of rotatable bonds is 10. The predicted molar refractivity (Wildman–Crippen MR) is 134 cm³/mol. The molecule has 0 N–H and O–H groups in total. The Balaban J connectivity index is 1.43. The molecule has 2 unspecified atom stereocenters. The number of fused-ring (bicyclic) bond motifs is 1. The Morgan fingerprint density at radius 3 is 2.64 bits per heavy atom. The van der Waals surface area contributed by atoms with E-state index in [1.165, 1.54) is 17.3 Å². The fraction of sp³-hybridized carbons (Fsp3) is 0.240. The first-order valence-electron chi connectivity index (χ1n) is 10.8. The summed E-state index contributed by atoms with van der Waals surface area (Å²) in [6, 6.07) is 17.5. The molecular weight excluding hydrogens is 474 g/mol. The van der Waals surface area contributed by atoms with E-state index in [0.717, 1.165) is 40.6 Å². The monoisotopic (exact) mass is 497 g/mol. The van der Waals surface area contributed by atoms with Crippen molar-refractivity contribution in [1.29, 1.82) is 0 Å². The van der Waals surface area contributed by atoms with Crippen LogP contribution in [0.15, 0.2) is 91.7 Å². The molecule has 0 amide bonds. The van der Waals surface area contributed by atoms with Gasteiger partial charge in [-0.15, -0.1) is 0 Å². The van der Waals surface area contributed by atoms with E-state index < -0.39 is 10.8 Å². The number of halogens is 1. The fourth-order valence-corrected chi connectivity index (χ4v) is 5.64. The highest BCUT2D eigenvalue weighted by Crippen LogP contribution is 2.33. The molecule has 0 saturated carbocycles. The van der Waals surface area contributed by atoms with Crippen LogP contribution in [0.4, 0.5) is 0 Å². The van der Waals surface area contributed by atoms with Crippen molar-refractivity contribution in [2.75, 3.05) is 0 Å². The van der Waals surface area contributed by atoms with E-state index in [2.05, 4.69) is 34.4 Å². The van der Waals surface area contributed by atoms with Crippen LogP contribution < -0.4 is 0 Å². The van der Waals surface area contributed by atoms with Crippen LogP contribution in [0.25, 0.3) is 11.0 Å². The van der Waals surface area contributed by atoms with Crippen LogP contribution in [0.3, 0.4) is 0 Å². The SMILES string of the molecule is CCCC(CC/C=C/S(=O)c1ccc(Sc2ccccn2)c2nonc12)c1ccc(Cl)cc1. The molecule has 4 aromatic rings. The van der Waals surface area contributed by atoms with Crippen molar-refractivity contribution in [3.63, 3.8) is 0 Å². The highest BCUT2D eigenvalue weighted by Gasteiger charge is 2.16. The Kier molecular flexibility index (Phi) is 8.31. The summed E-state index contributed by atoms with van der Waals surface area (Å²) in [4.78, 5) is 5.79. The number of allylic oxidation sites excluding steroid dienone is 1. The lowest BCUT2D eigenvalue weighted by atomic mass is 9.90. The molecule has 2 aromatic carbocycles. The van der Waals surface area contributed by atoms with E-state index in [0.29, 0.717) is 21.8 Å². The Labute approximate surface area is 205 Å². The van der Waals surface area contributed by atoms with Gasteiger partial charge in [-0.05, 0) is 77.5 Å². The summed E-state index contributed by atoms with van der Waals surface area (Å²) in [6.45, 7) is 2.20. The summed E-state index contributed by atoms with van der Waals surface area (Å²) in [7, 11) is -1.34. The van der Waals surface area contributed by atoms with E-state index in [1.807, 2.05) is 48.5 Å². The molecule has 0 aliphatic carbocycles. The molecule has 0 radical (unpaired) electrons. The zero-order valence-corrected chi connectivity index (χ0v) is 20.6. The van der Waals surface area contributed by atoms with Gasteiger partial charge in [0.25, 0.3) is 0 Å². The molecule has 0 aliphatic heterocycles. The zero-order valence-electron chi connectivity index (χ0n) is 18.2. The van der Waals surface area contributed by atoms with Crippen molar-refractivity contribution in [3.05, 3.63) is 82.9 Å². The third-order valence-electron chi connectivity index (χ3n) is 5.29. The summed E-state index contributed by atoms with van der Waals surface area (Å²) in [5, 5.41) is 11.4. The Bertz CT molecular complexity index is 1240. The first kappa shape index (κ1) is 23.7. The predicted octanol–water partition coefficient (Wildman–Crippen LogP) is 7.41. The third-order valence-corrected chi connectivity index (χ3v) is 7.75. The molecule has 170 valence electrons. The van der Waals surface area contributed by atoms with Crippen LogP contribution in [0.2, 0.25) is 5.02 Å². The van der Waals surface area contributed by atoms with Crippen molar-refractivity contribution in [2.45, 2.75) is 53.3 Å². The van der Waals surface area contributed by atoms with E-state index >= 15 is 0 Å². The van der Waals surface area contributed by atoms with Gasteiger partial charge in [-0.3, -0.25) is 0 Å². The smallest absolute Gasteiger partial charge is 0.152 e.